The van der Waals surface area contributed by atoms with Gasteiger partial charge in [-0.25, -0.2) is 14.8 Å². The van der Waals surface area contributed by atoms with Gasteiger partial charge in [-0.15, -0.1) is 0 Å². The number of hydrogen-bond acceptors (Lipinski definition) is 5. The van der Waals surface area contributed by atoms with Crippen molar-refractivity contribution in [2.75, 3.05) is 0 Å². The van der Waals surface area contributed by atoms with E-state index in [1.165, 1.54) is 5.56 Å². The van der Waals surface area contributed by atoms with Gasteiger partial charge < -0.3 is 4.74 Å². The Bertz CT molecular complexity index is 1450. The van der Waals surface area contributed by atoms with Crippen LogP contribution in [-0.2, 0) is 9.53 Å². The van der Waals surface area contributed by atoms with E-state index in [1.807, 2.05) is 37.3 Å². The highest BCUT2D eigenvalue weighted by atomic mass is 32.2. The molecule has 0 saturated heterocycles. The number of carbonyl (C=O) groups is 1. The SMILES string of the molecule is Cc1ccc(Sc2nc3ccc(C)cc3cc2C=C2N=C(c3ccccc3C)OC2=O)cc1. The van der Waals surface area contributed by atoms with E-state index in [2.05, 4.69) is 61.3 Å². The minimum absolute atomic E-state index is 0.271. The Morgan fingerprint density at radius 2 is 1.64 bits per heavy atom. The zero-order valence-electron chi connectivity index (χ0n) is 18.6. The second-order valence-electron chi connectivity index (χ2n) is 8.14. The van der Waals surface area contributed by atoms with Crippen LogP contribution >= 0.6 is 11.8 Å². The third-order valence-electron chi connectivity index (χ3n) is 5.49. The van der Waals surface area contributed by atoms with Gasteiger partial charge in [-0.05, 0) is 68.8 Å². The van der Waals surface area contributed by atoms with E-state index in [4.69, 9.17) is 9.72 Å². The molecule has 0 atom stereocenters. The highest BCUT2D eigenvalue weighted by Crippen LogP contribution is 2.33. The van der Waals surface area contributed by atoms with Gasteiger partial charge in [0.25, 0.3) is 0 Å². The highest BCUT2D eigenvalue weighted by molar-refractivity contribution is 7.99. The number of ether oxygens (including phenoxy) is 1. The molecule has 0 aliphatic carbocycles. The maximum atomic E-state index is 12.7. The average Bonchev–Trinajstić information content (AvgIpc) is 3.16. The molecule has 0 amide bonds. The van der Waals surface area contributed by atoms with Crippen molar-refractivity contribution in [1.82, 2.24) is 4.98 Å². The van der Waals surface area contributed by atoms with Crippen molar-refractivity contribution in [3.05, 3.63) is 106 Å². The highest BCUT2D eigenvalue weighted by Gasteiger charge is 2.25. The van der Waals surface area contributed by atoms with Gasteiger partial charge in [0, 0.05) is 21.4 Å². The van der Waals surface area contributed by atoms with Gasteiger partial charge in [-0.1, -0.05) is 59.3 Å². The first-order valence-corrected chi connectivity index (χ1v) is 11.5. The predicted molar refractivity (Wildman–Crippen MR) is 134 cm³/mol. The maximum absolute atomic E-state index is 12.7. The summed E-state index contributed by atoms with van der Waals surface area (Å²) in [5.74, 6) is -0.120. The van der Waals surface area contributed by atoms with Crippen LogP contribution in [0.3, 0.4) is 0 Å². The monoisotopic (exact) mass is 450 g/mol. The van der Waals surface area contributed by atoms with Crippen LogP contribution < -0.4 is 0 Å². The molecule has 0 fully saturated rings. The van der Waals surface area contributed by atoms with E-state index >= 15 is 0 Å². The largest absolute Gasteiger partial charge is 0.402 e. The molecule has 162 valence electrons. The van der Waals surface area contributed by atoms with Gasteiger partial charge in [0.2, 0.25) is 5.90 Å². The van der Waals surface area contributed by atoms with Gasteiger partial charge >= 0.3 is 5.97 Å². The Morgan fingerprint density at radius 1 is 0.879 bits per heavy atom. The fraction of sp³-hybridized carbons (Fsp3) is 0.107. The van der Waals surface area contributed by atoms with E-state index in [1.54, 1.807) is 17.8 Å². The number of hydrogen-bond donors (Lipinski definition) is 0. The lowest BCUT2D eigenvalue weighted by molar-refractivity contribution is -0.129. The molecule has 0 saturated carbocycles. The Morgan fingerprint density at radius 3 is 2.42 bits per heavy atom. The van der Waals surface area contributed by atoms with Gasteiger partial charge in [0.15, 0.2) is 5.70 Å². The number of carbonyl (C=O) groups excluding carboxylic acids is 1. The number of aliphatic imine (C=N–C) groups is 1. The van der Waals surface area contributed by atoms with Crippen LogP contribution in [0, 0.1) is 20.8 Å². The van der Waals surface area contributed by atoms with Crippen molar-refractivity contribution in [1.29, 1.82) is 0 Å². The van der Waals surface area contributed by atoms with Gasteiger partial charge in [0.05, 0.1) is 5.52 Å². The first kappa shape index (κ1) is 21.2. The summed E-state index contributed by atoms with van der Waals surface area (Å²) in [7, 11) is 0. The third-order valence-corrected chi connectivity index (χ3v) is 6.51. The zero-order valence-corrected chi connectivity index (χ0v) is 19.4. The van der Waals surface area contributed by atoms with Crippen molar-refractivity contribution in [3.8, 4) is 0 Å². The number of esters is 1. The minimum Gasteiger partial charge on any atom is -0.402 e. The molecule has 2 heterocycles. The van der Waals surface area contributed by atoms with E-state index in [-0.39, 0.29) is 5.70 Å². The lowest BCUT2D eigenvalue weighted by Crippen LogP contribution is -2.06. The lowest BCUT2D eigenvalue weighted by Gasteiger charge is -2.09. The number of fused-ring (bicyclic) bond motifs is 1. The van der Waals surface area contributed by atoms with Crippen molar-refractivity contribution >= 4 is 40.6 Å². The summed E-state index contributed by atoms with van der Waals surface area (Å²) in [4.78, 5) is 23.2. The van der Waals surface area contributed by atoms with E-state index in [0.29, 0.717) is 5.90 Å². The van der Waals surface area contributed by atoms with Crippen LogP contribution in [-0.4, -0.2) is 16.9 Å². The summed E-state index contributed by atoms with van der Waals surface area (Å²) in [6.45, 7) is 6.09. The molecule has 5 heteroatoms. The van der Waals surface area contributed by atoms with Crippen LogP contribution in [0.4, 0.5) is 0 Å². The molecule has 4 aromatic rings. The van der Waals surface area contributed by atoms with Crippen molar-refractivity contribution in [3.63, 3.8) is 0 Å². The van der Waals surface area contributed by atoms with Gasteiger partial charge in [0.1, 0.15) is 5.03 Å². The lowest BCUT2D eigenvalue weighted by atomic mass is 10.1. The summed E-state index contributed by atoms with van der Waals surface area (Å²) in [6, 6.07) is 24.3. The van der Waals surface area contributed by atoms with Crippen LogP contribution in [0.1, 0.15) is 27.8 Å². The maximum Gasteiger partial charge on any atom is 0.363 e. The fourth-order valence-corrected chi connectivity index (χ4v) is 4.56. The summed E-state index contributed by atoms with van der Waals surface area (Å²) >= 11 is 1.57. The fourth-order valence-electron chi connectivity index (χ4n) is 3.68. The van der Waals surface area contributed by atoms with Crippen LogP contribution in [0.2, 0.25) is 0 Å². The Labute approximate surface area is 197 Å². The molecule has 0 spiro atoms. The summed E-state index contributed by atoms with van der Waals surface area (Å²) in [5.41, 5.74) is 6.19. The Kier molecular flexibility index (Phi) is 5.56. The van der Waals surface area contributed by atoms with Crippen molar-refractivity contribution in [2.24, 2.45) is 4.99 Å². The summed E-state index contributed by atoms with van der Waals surface area (Å²) in [6.07, 6.45) is 1.78. The number of nitrogens with zero attached hydrogens (tertiary/aromatic N) is 2. The molecule has 0 bridgehead atoms. The summed E-state index contributed by atoms with van der Waals surface area (Å²) < 4.78 is 5.51. The summed E-state index contributed by atoms with van der Waals surface area (Å²) in [5, 5.41) is 1.83. The Hall–Kier alpha value is -3.70. The molecule has 1 aliphatic rings. The first-order valence-electron chi connectivity index (χ1n) is 10.7. The molecule has 5 rings (SSSR count). The minimum atomic E-state index is -0.455. The molecule has 0 radical (unpaired) electrons. The second kappa shape index (κ2) is 8.68. The standard InChI is InChI=1S/C28H22N2O2S/c1-17-8-11-22(12-9-17)33-27-21(15-20-14-18(2)10-13-24(20)30-27)16-25-28(31)32-26(29-25)23-7-5-4-6-19(23)3/h4-16H,1-3H3. The number of pyridine rings is 1. The van der Waals surface area contributed by atoms with E-state index in [0.717, 1.165) is 43.1 Å². The molecule has 33 heavy (non-hydrogen) atoms. The predicted octanol–water partition coefficient (Wildman–Crippen LogP) is 6.66. The number of aromatic nitrogens is 1. The molecule has 0 unspecified atom stereocenters. The zero-order chi connectivity index (χ0) is 22.9. The normalized spacial score (nSPS) is 14.6. The smallest absolute Gasteiger partial charge is 0.363 e. The quantitative estimate of drug-likeness (QED) is 0.258. The molecular formula is C28H22N2O2S. The molecule has 4 nitrogen and oxygen atoms in total. The van der Waals surface area contributed by atoms with E-state index in [9.17, 15) is 4.79 Å². The first-order chi connectivity index (χ1) is 16.0. The third kappa shape index (κ3) is 4.45. The van der Waals surface area contributed by atoms with Gasteiger partial charge in [-0.2, -0.15) is 0 Å². The molecule has 0 N–H and O–H groups in total. The average molecular weight is 451 g/mol. The number of rotatable bonds is 4. The van der Waals surface area contributed by atoms with Gasteiger partial charge in [-0.3, -0.25) is 0 Å². The van der Waals surface area contributed by atoms with Crippen molar-refractivity contribution < 1.29 is 9.53 Å². The second-order valence-corrected chi connectivity index (χ2v) is 9.21. The molecule has 1 aliphatic heterocycles. The molecule has 3 aromatic carbocycles. The van der Waals surface area contributed by atoms with E-state index < -0.39 is 5.97 Å². The van der Waals surface area contributed by atoms with Crippen LogP contribution in [0.5, 0.6) is 0 Å². The Balaban J connectivity index is 1.61. The number of benzene rings is 3. The molecule has 1 aromatic heterocycles. The topological polar surface area (TPSA) is 51.6 Å². The van der Waals surface area contributed by atoms with Crippen LogP contribution in [0.15, 0.2) is 93.4 Å². The van der Waals surface area contributed by atoms with Crippen LogP contribution in [0.25, 0.3) is 17.0 Å². The molecular weight excluding hydrogens is 428 g/mol. The number of cyclic esters (lactones) is 1. The number of aryl methyl sites for hydroxylation is 3. The van der Waals surface area contributed by atoms with Crippen molar-refractivity contribution in [2.45, 2.75) is 30.7 Å².